The minimum Gasteiger partial charge on any atom is -0.459 e. The van der Waals surface area contributed by atoms with E-state index < -0.39 is 30.4 Å². The van der Waals surface area contributed by atoms with Gasteiger partial charge in [0.15, 0.2) is 6.29 Å². The first-order valence-corrected chi connectivity index (χ1v) is 8.45. The van der Waals surface area contributed by atoms with Crippen LogP contribution in [0.2, 0.25) is 0 Å². The highest BCUT2D eigenvalue weighted by Crippen LogP contribution is 2.23. The van der Waals surface area contributed by atoms with Gasteiger partial charge in [0.2, 0.25) is 0 Å². The smallest absolute Gasteiger partial charge is 0.338 e. The van der Waals surface area contributed by atoms with Gasteiger partial charge in [-0.25, -0.2) is 9.59 Å². The van der Waals surface area contributed by atoms with E-state index in [1.165, 1.54) is 0 Å². The van der Waals surface area contributed by atoms with Crippen molar-refractivity contribution >= 4 is 11.9 Å². The lowest BCUT2D eigenvalue weighted by molar-refractivity contribution is -0.208. The third kappa shape index (κ3) is 4.68. The van der Waals surface area contributed by atoms with Gasteiger partial charge in [0.1, 0.15) is 18.8 Å². The maximum absolute atomic E-state index is 12.3. The molecule has 6 heteroatoms. The summed E-state index contributed by atoms with van der Waals surface area (Å²) >= 11 is 0. The summed E-state index contributed by atoms with van der Waals surface area (Å²) in [6, 6.07) is 17.2. The Bertz CT molecular complexity index is 730. The molecule has 2 aromatic carbocycles. The minimum atomic E-state index is -0.970. The van der Waals surface area contributed by atoms with Gasteiger partial charge in [0.05, 0.1) is 11.1 Å². The number of benzene rings is 2. The highest BCUT2D eigenvalue weighted by molar-refractivity contribution is 5.90. The molecule has 26 heavy (non-hydrogen) atoms. The van der Waals surface area contributed by atoms with Gasteiger partial charge in [-0.3, -0.25) is 0 Å². The second-order valence-electron chi connectivity index (χ2n) is 5.98. The Morgan fingerprint density at radius 3 is 2.12 bits per heavy atom. The van der Waals surface area contributed by atoms with Crippen molar-refractivity contribution in [2.24, 2.45) is 0 Å². The Hall–Kier alpha value is -2.70. The number of hydrogen-bond donors (Lipinski definition) is 1. The Kier molecular flexibility index (Phi) is 5.99. The lowest BCUT2D eigenvalue weighted by Gasteiger charge is -2.33. The molecule has 0 saturated carbocycles. The number of ether oxygens (including phenoxy) is 3. The van der Waals surface area contributed by atoms with E-state index in [0.29, 0.717) is 24.0 Å². The van der Waals surface area contributed by atoms with Gasteiger partial charge < -0.3 is 19.3 Å². The third-order valence-electron chi connectivity index (χ3n) is 4.10. The fourth-order valence-electron chi connectivity index (χ4n) is 2.73. The number of carbonyl (C=O) groups excluding carboxylic acids is 2. The third-order valence-corrected chi connectivity index (χ3v) is 4.10. The SMILES string of the molecule is O=C(OC[C@H]1O[C@@H](O)CC[C@@H]1OC(=O)c1ccccc1)c1ccccc1. The van der Waals surface area contributed by atoms with Crippen molar-refractivity contribution in [3.05, 3.63) is 71.8 Å². The van der Waals surface area contributed by atoms with Crippen LogP contribution in [-0.2, 0) is 14.2 Å². The van der Waals surface area contributed by atoms with Crippen LogP contribution in [-0.4, -0.2) is 42.1 Å². The summed E-state index contributed by atoms with van der Waals surface area (Å²) in [6.45, 7) is -0.114. The van der Waals surface area contributed by atoms with Crippen molar-refractivity contribution in [1.82, 2.24) is 0 Å². The van der Waals surface area contributed by atoms with Crippen LogP contribution in [0.25, 0.3) is 0 Å². The second-order valence-corrected chi connectivity index (χ2v) is 5.98. The summed E-state index contributed by atoms with van der Waals surface area (Å²) in [6.07, 6.45) is -1.53. The topological polar surface area (TPSA) is 82.1 Å². The van der Waals surface area contributed by atoms with Crippen LogP contribution in [0.3, 0.4) is 0 Å². The monoisotopic (exact) mass is 356 g/mol. The van der Waals surface area contributed by atoms with Crippen molar-refractivity contribution in [3.63, 3.8) is 0 Å². The van der Waals surface area contributed by atoms with E-state index in [-0.39, 0.29) is 6.61 Å². The maximum atomic E-state index is 12.3. The van der Waals surface area contributed by atoms with E-state index in [9.17, 15) is 14.7 Å². The lowest BCUT2D eigenvalue weighted by Crippen LogP contribution is -2.44. The molecule has 1 fully saturated rings. The molecule has 0 unspecified atom stereocenters. The van der Waals surface area contributed by atoms with Crippen LogP contribution in [0.1, 0.15) is 33.6 Å². The molecule has 136 valence electrons. The molecule has 3 rings (SSSR count). The number of aliphatic hydroxyl groups excluding tert-OH is 1. The van der Waals surface area contributed by atoms with Gasteiger partial charge >= 0.3 is 11.9 Å². The Morgan fingerprint density at radius 2 is 1.50 bits per heavy atom. The van der Waals surface area contributed by atoms with Crippen molar-refractivity contribution in [3.8, 4) is 0 Å². The van der Waals surface area contributed by atoms with Gasteiger partial charge in [0.25, 0.3) is 0 Å². The van der Waals surface area contributed by atoms with Gasteiger partial charge in [-0.1, -0.05) is 36.4 Å². The lowest BCUT2D eigenvalue weighted by atomic mass is 10.0. The van der Waals surface area contributed by atoms with Gasteiger partial charge in [-0.2, -0.15) is 0 Å². The molecule has 2 aromatic rings. The molecule has 0 aromatic heterocycles. The fourth-order valence-corrected chi connectivity index (χ4v) is 2.73. The summed E-state index contributed by atoms with van der Waals surface area (Å²) in [5, 5.41) is 9.73. The summed E-state index contributed by atoms with van der Waals surface area (Å²) in [4.78, 5) is 24.3. The van der Waals surface area contributed by atoms with Crippen LogP contribution < -0.4 is 0 Å². The number of carbonyl (C=O) groups is 2. The summed E-state index contributed by atoms with van der Waals surface area (Å²) in [5.74, 6) is -0.975. The van der Waals surface area contributed by atoms with E-state index in [2.05, 4.69) is 0 Å². The second kappa shape index (κ2) is 8.60. The fraction of sp³-hybridized carbons (Fsp3) is 0.300. The largest absolute Gasteiger partial charge is 0.459 e. The molecular weight excluding hydrogens is 336 g/mol. The van der Waals surface area contributed by atoms with Crippen LogP contribution in [0, 0.1) is 0 Å². The molecule has 3 atom stereocenters. The highest BCUT2D eigenvalue weighted by atomic mass is 16.6. The number of rotatable bonds is 5. The van der Waals surface area contributed by atoms with E-state index in [1.54, 1.807) is 54.6 Å². The van der Waals surface area contributed by atoms with E-state index in [4.69, 9.17) is 14.2 Å². The average Bonchev–Trinajstić information content (AvgIpc) is 2.69. The molecule has 0 radical (unpaired) electrons. The summed E-state index contributed by atoms with van der Waals surface area (Å²) in [5.41, 5.74) is 0.848. The van der Waals surface area contributed by atoms with Gasteiger partial charge in [0, 0.05) is 6.42 Å². The van der Waals surface area contributed by atoms with E-state index in [0.717, 1.165) is 0 Å². The zero-order valence-electron chi connectivity index (χ0n) is 14.1. The summed E-state index contributed by atoms with van der Waals surface area (Å²) < 4.78 is 16.2. The Labute approximate surface area is 151 Å². The molecule has 0 amide bonds. The number of hydrogen-bond acceptors (Lipinski definition) is 6. The van der Waals surface area contributed by atoms with Crippen LogP contribution in [0.5, 0.6) is 0 Å². The van der Waals surface area contributed by atoms with Crippen LogP contribution in [0.15, 0.2) is 60.7 Å². The molecule has 0 aliphatic carbocycles. The molecule has 0 bridgehead atoms. The number of aliphatic hydroxyl groups is 1. The molecule has 0 spiro atoms. The highest BCUT2D eigenvalue weighted by Gasteiger charge is 2.34. The van der Waals surface area contributed by atoms with Crippen molar-refractivity contribution < 1.29 is 28.9 Å². The van der Waals surface area contributed by atoms with Gasteiger partial charge in [-0.05, 0) is 30.7 Å². The molecule has 6 nitrogen and oxygen atoms in total. The maximum Gasteiger partial charge on any atom is 0.338 e. The molecule has 1 N–H and O–H groups in total. The van der Waals surface area contributed by atoms with E-state index >= 15 is 0 Å². The standard InChI is InChI=1S/C20H20O6/c21-18-12-11-16(26-20(23)15-9-5-2-6-10-15)17(25-18)13-24-19(22)14-7-3-1-4-8-14/h1-10,16-18,21H,11-13H2/t16-,17+,18+/m0/s1. The zero-order chi connectivity index (χ0) is 18.4. The van der Waals surface area contributed by atoms with Crippen molar-refractivity contribution in [1.29, 1.82) is 0 Å². The van der Waals surface area contributed by atoms with Crippen LogP contribution in [0.4, 0.5) is 0 Å². The van der Waals surface area contributed by atoms with E-state index in [1.807, 2.05) is 6.07 Å². The predicted octanol–water partition coefficient (Wildman–Crippen LogP) is 2.57. The first-order chi connectivity index (χ1) is 12.6. The average molecular weight is 356 g/mol. The first kappa shape index (κ1) is 18.1. The van der Waals surface area contributed by atoms with Crippen molar-refractivity contribution in [2.75, 3.05) is 6.61 Å². The minimum absolute atomic E-state index is 0.114. The summed E-state index contributed by atoms with van der Waals surface area (Å²) in [7, 11) is 0. The van der Waals surface area contributed by atoms with Gasteiger partial charge in [-0.15, -0.1) is 0 Å². The first-order valence-electron chi connectivity index (χ1n) is 8.45. The van der Waals surface area contributed by atoms with Crippen LogP contribution >= 0.6 is 0 Å². The number of esters is 2. The molecule has 1 heterocycles. The Morgan fingerprint density at radius 1 is 0.923 bits per heavy atom. The zero-order valence-corrected chi connectivity index (χ0v) is 14.1. The van der Waals surface area contributed by atoms with Crippen molar-refractivity contribution in [2.45, 2.75) is 31.3 Å². The predicted molar refractivity (Wildman–Crippen MR) is 92.5 cm³/mol. The quantitative estimate of drug-likeness (QED) is 0.829. The molecular formula is C20H20O6. The normalized spacial score (nSPS) is 22.4. The molecule has 1 aliphatic rings. The Balaban J connectivity index is 1.61. The molecule has 1 aliphatic heterocycles. The molecule has 1 saturated heterocycles.